The monoisotopic (exact) mass is 506 g/mol. The van der Waals surface area contributed by atoms with Gasteiger partial charge in [-0.25, -0.2) is 0 Å². The maximum atomic E-state index is 13.6. The van der Waals surface area contributed by atoms with E-state index in [-0.39, 0.29) is 30.8 Å². The summed E-state index contributed by atoms with van der Waals surface area (Å²) in [6.07, 6.45) is 2.02. The maximum absolute atomic E-state index is 13.6. The average Bonchev–Trinajstić information content (AvgIpc) is 2.90. The molecule has 2 amide bonds. The summed E-state index contributed by atoms with van der Waals surface area (Å²) in [4.78, 5) is 28.8. The van der Waals surface area contributed by atoms with Gasteiger partial charge in [0.15, 0.2) is 0 Å². The lowest BCUT2D eigenvalue weighted by atomic mass is 10.0. The van der Waals surface area contributed by atoms with E-state index < -0.39 is 6.04 Å². The fraction of sp³-hybridized carbons (Fsp3) is 0.333. The van der Waals surface area contributed by atoms with E-state index in [2.05, 4.69) is 5.32 Å². The van der Waals surface area contributed by atoms with E-state index in [0.717, 1.165) is 23.3 Å². The Hall–Kier alpha value is -3.31. The number of halogens is 1. The highest BCUT2D eigenvalue weighted by atomic mass is 35.5. The number of nitrogens with one attached hydrogen (secondary N) is 1. The van der Waals surface area contributed by atoms with Gasteiger partial charge in [-0.15, -0.1) is 0 Å². The molecule has 0 heterocycles. The largest absolute Gasteiger partial charge is 0.494 e. The highest BCUT2D eigenvalue weighted by Gasteiger charge is 2.31. The molecule has 0 aliphatic carbocycles. The van der Waals surface area contributed by atoms with Gasteiger partial charge in [0.25, 0.3) is 0 Å². The van der Waals surface area contributed by atoms with Gasteiger partial charge in [0.2, 0.25) is 11.8 Å². The molecular formula is C30H35ClN2O3. The third-order valence-corrected chi connectivity index (χ3v) is 6.49. The standard InChI is InChI=1S/C30H35ClN2O3/c1-3-23(2)32-30(35)28(21-24-13-6-4-7-14-24)33(22-25-15-10-11-18-27(25)31)29(34)19-12-20-36-26-16-8-5-9-17-26/h4-11,13-18,23,28H,3,12,19-22H2,1-2H3,(H,32,35). The Labute approximate surface area is 219 Å². The van der Waals surface area contributed by atoms with Gasteiger partial charge in [0.05, 0.1) is 6.61 Å². The Balaban J connectivity index is 1.81. The minimum atomic E-state index is -0.666. The van der Waals surface area contributed by atoms with Crippen molar-refractivity contribution < 1.29 is 14.3 Å². The second-order valence-corrected chi connectivity index (χ2v) is 9.31. The molecule has 2 atom stereocenters. The number of ether oxygens (including phenoxy) is 1. The first-order valence-corrected chi connectivity index (χ1v) is 12.9. The van der Waals surface area contributed by atoms with E-state index in [1.807, 2.05) is 92.7 Å². The van der Waals surface area contributed by atoms with Crippen molar-refractivity contribution in [3.8, 4) is 5.75 Å². The molecule has 0 aliphatic rings. The van der Waals surface area contributed by atoms with Gasteiger partial charge in [0, 0.05) is 30.5 Å². The Kier molecular flexibility index (Phi) is 10.8. The summed E-state index contributed by atoms with van der Waals surface area (Å²) in [6.45, 7) is 4.66. The van der Waals surface area contributed by atoms with Gasteiger partial charge >= 0.3 is 0 Å². The Bertz CT molecular complexity index is 1090. The molecule has 0 bridgehead atoms. The maximum Gasteiger partial charge on any atom is 0.243 e. The van der Waals surface area contributed by atoms with Crippen molar-refractivity contribution in [2.45, 2.75) is 58.2 Å². The van der Waals surface area contributed by atoms with Crippen LogP contribution in [0.1, 0.15) is 44.2 Å². The zero-order valence-electron chi connectivity index (χ0n) is 21.0. The molecule has 2 unspecified atom stereocenters. The number of nitrogens with zero attached hydrogens (tertiary/aromatic N) is 1. The van der Waals surface area contributed by atoms with Crippen molar-refractivity contribution in [3.05, 3.63) is 101 Å². The van der Waals surface area contributed by atoms with Crippen molar-refractivity contribution >= 4 is 23.4 Å². The van der Waals surface area contributed by atoms with Crippen LogP contribution in [-0.4, -0.2) is 35.4 Å². The van der Waals surface area contributed by atoms with E-state index in [9.17, 15) is 9.59 Å². The molecule has 3 rings (SSSR count). The van der Waals surface area contributed by atoms with Gasteiger partial charge < -0.3 is 15.0 Å². The number of carbonyl (C=O) groups is 2. The average molecular weight is 507 g/mol. The summed E-state index contributed by atoms with van der Waals surface area (Å²) >= 11 is 6.46. The Morgan fingerprint density at radius 1 is 0.944 bits per heavy atom. The lowest BCUT2D eigenvalue weighted by Gasteiger charge is -2.32. The zero-order chi connectivity index (χ0) is 25.8. The first-order valence-electron chi connectivity index (χ1n) is 12.5. The SMILES string of the molecule is CCC(C)NC(=O)C(Cc1ccccc1)N(Cc1ccccc1Cl)C(=O)CCCOc1ccccc1. The van der Waals surface area contributed by atoms with Crippen molar-refractivity contribution in [1.29, 1.82) is 0 Å². The molecule has 36 heavy (non-hydrogen) atoms. The van der Waals surface area contributed by atoms with E-state index in [1.165, 1.54) is 0 Å². The fourth-order valence-electron chi connectivity index (χ4n) is 3.88. The molecule has 0 saturated heterocycles. The minimum absolute atomic E-state index is 0.00677. The van der Waals surface area contributed by atoms with Crippen LogP contribution in [-0.2, 0) is 22.6 Å². The second kappa shape index (κ2) is 14.3. The summed E-state index contributed by atoms with van der Waals surface area (Å²) in [7, 11) is 0. The molecule has 3 aromatic rings. The summed E-state index contributed by atoms with van der Waals surface area (Å²) in [5.74, 6) is 0.508. The van der Waals surface area contributed by atoms with Crippen LogP contribution in [0.4, 0.5) is 0 Å². The highest BCUT2D eigenvalue weighted by molar-refractivity contribution is 6.31. The summed E-state index contributed by atoms with van der Waals surface area (Å²) in [5, 5.41) is 3.66. The quantitative estimate of drug-likeness (QED) is 0.287. The summed E-state index contributed by atoms with van der Waals surface area (Å²) in [5.41, 5.74) is 1.80. The molecule has 190 valence electrons. The highest BCUT2D eigenvalue weighted by Crippen LogP contribution is 2.21. The number of hydrogen-bond donors (Lipinski definition) is 1. The van der Waals surface area contributed by atoms with Crippen LogP contribution in [0, 0.1) is 0 Å². The van der Waals surface area contributed by atoms with Crippen LogP contribution in [0.5, 0.6) is 5.75 Å². The first-order chi connectivity index (χ1) is 17.5. The van der Waals surface area contributed by atoms with Crippen LogP contribution in [0.2, 0.25) is 5.02 Å². The van der Waals surface area contributed by atoms with Crippen LogP contribution in [0.15, 0.2) is 84.9 Å². The molecule has 6 heteroatoms. The summed E-state index contributed by atoms with van der Waals surface area (Å²) in [6, 6.07) is 26.1. The molecule has 3 aromatic carbocycles. The second-order valence-electron chi connectivity index (χ2n) is 8.90. The van der Waals surface area contributed by atoms with Crippen molar-refractivity contribution in [2.75, 3.05) is 6.61 Å². The summed E-state index contributed by atoms with van der Waals surface area (Å²) < 4.78 is 5.77. The topological polar surface area (TPSA) is 58.6 Å². The zero-order valence-corrected chi connectivity index (χ0v) is 21.8. The molecule has 0 saturated carbocycles. The van der Waals surface area contributed by atoms with Crippen LogP contribution < -0.4 is 10.1 Å². The molecule has 0 fully saturated rings. The van der Waals surface area contributed by atoms with Crippen molar-refractivity contribution in [1.82, 2.24) is 10.2 Å². The van der Waals surface area contributed by atoms with Crippen LogP contribution in [0.3, 0.4) is 0 Å². The van der Waals surface area contributed by atoms with Crippen molar-refractivity contribution in [2.24, 2.45) is 0 Å². The number of benzene rings is 3. The third-order valence-electron chi connectivity index (χ3n) is 6.12. The van der Waals surface area contributed by atoms with Gasteiger partial charge in [-0.1, -0.05) is 85.3 Å². The number of hydrogen-bond acceptors (Lipinski definition) is 3. The van der Waals surface area contributed by atoms with E-state index in [0.29, 0.717) is 24.5 Å². The smallest absolute Gasteiger partial charge is 0.243 e. The number of para-hydroxylation sites is 1. The molecule has 5 nitrogen and oxygen atoms in total. The molecule has 1 N–H and O–H groups in total. The number of amides is 2. The van der Waals surface area contributed by atoms with Gasteiger partial charge in [-0.05, 0) is 49.1 Å². The Morgan fingerprint density at radius 3 is 2.25 bits per heavy atom. The first kappa shape index (κ1) is 27.3. The van der Waals surface area contributed by atoms with Gasteiger partial charge in [0.1, 0.15) is 11.8 Å². The lowest BCUT2D eigenvalue weighted by Crippen LogP contribution is -2.52. The molecule has 0 aromatic heterocycles. The fourth-order valence-corrected chi connectivity index (χ4v) is 4.07. The Morgan fingerprint density at radius 2 is 1.58 bits per heavy atom. The van der Waals surface area contributed by atoms with Crippen LogP contribution in [0.25, 0.3) is 0 Å². The lowest BCUT2D eigenvalue weighted by molar-refractivity contribution is -0.141. The molecule has 0 spiro atoms. The molecule has 0 aliphatic heterocycles. The van der Waals surface area contributed by atoms with Gasteiger partial charge in [-0.2, -0.15) is 0 Å². The predicted molar refractivity (Wildman–Crippen MR) is 145 cm³/mol. The molecule has 0 radical (unpaired) electrons. The number of carbonyl (C=O) groups excluding carboxylic acids is 2. The number of rotatable bonds is 13. The normalized spacial score (nSPS) is 12.4. The van der Waals surface area contributed by atoms with Gasteiger partial charge in [-0.3, -0.25) is 9.59 Å². The predicted octanol–water partition coefficient (Wildman–Crippen LogP) is 6.05. The van der Waals surface area contributed by atoms with E-state index in [4.69, 9.17) is 16.3 Å². The minimum Gasteiger partial charge on any atom is -0.494 e. The van der Waals surface area contributed by atoms with Crippen molar-refractivity contribution in [3.63, 3.8) is 0 Å². The molecular weight excluding hydrogens is 472 g/mol. The van der Waals surface area contributed by atoms with E-state index >= 15 is 0 Å². The third kappa shape index (κ3) is 8.42. The van der Waals surface area contributed by atoms with E-state index in [1.54, 1.807) is 11.0 Å². The van der Waals surface area contributed by atoms with Crippen LogP contribution >= 0.6 is 11.6 Å².